The Morgan fingerprint density at radius 2 is 0.615 bits per heavy atom. The number of nitrogens with zero attached hydrogens (tertiary/aromatic N) is 8. The molecule has 0 saturated carbocycles. The minimum Gasteiger partial charge on any atom is -0.494 e. The van der Waals surface area contributed by atoms with Crippen molar-refractivity contribution in [2.75, 3.05) is 171 Å². The number of carboxylic acid groups (broad SMARTS) is 3. The van der Waals surface area contributed by atoms with E-state index in [1.165, 1.54) is 25.3 Å². The summed E-state index contributed by atoms with van der Waals surface area (Å²) in [7, 11) is 2.75. The molecular weight excluding hydrogens is 1240 g/mol. The second kappa shape index (κ2) is 43.7. The molecular formula is C70H116N8O18. The average molecular weight is 1360 g/mol. The fourth-order valence-electron chi connectivity index (χ4n) is 11.3. The molecule has 26 heteroatoms. The molecule has 96 heavy (non-hydrogen) atoms. The van der Waals surface area contributed by atoms with Gasteiger partial charge in [-0.05, 0) is 150 Å². The summed E-state index contributed by atoms with van der Waals surface area (Å²) in [6.07, 6.45) is 6.12. The summed E-state index contributed by atoms with van der Waals surface area (Å²) in [4.78, 5) is 115. The summed E-state index contributed by atoms with van der Waals surface area (Å²) in [5, 5.41) is 28.2. The van der Waals surface area contributed by atoms with Crippen molar-refractivity contribution in [1.29, 1.82) is 0 Å². The van der Waals surface area contributed by atoms with Crippen LogP contribution >= 0.6 is 0 Å². The van der Waals surface area contributed by atoms with E-state index in [0.29, 0.717) is 131 Å². The quantitative estimate of drug-likeness (QED) is 0.0501. The molecule has 0 spiro atoms. The van der Waals surface area contributed by atoms with Gasteiger partial charge >= 0.3 is 47.8 Å². The van der Waals surface area contributed by atoms with Crippen molar-refractivity contribution in [2.24, 2.45) is 0 Å². The smallest absolute Gasteiger partial charge is 0.323 e. The molecule has 2 fully saturated rings. The third-order valence-electron chi connectivity index (χ3n) is 15.8. The van der Waals surface area contributed by atoms with Crippen LogP contribution in [0.15, 0.2) is 48.5 Å². The number of benzene rings is 2. The number of carboxylic acids is 3. The summed E-state index contributed by atoms with van der Waals surface area (Å²) in [5.41, 5.74) is 0.457. The van der Waals surface area contributed by atoms with E-state index in [0.717, 1.165) is 50.0 Å². The van der Waals surface area contributed by atoms with E-state index in [9.17, 15) is 53.7 Å². The van der Waals surface area contributed by atoms with Crippen molar-refractivity contribution in [1.82, 2.24) is 39.2 Å². The first-order valence-electron chi connectivity index (χ1n) is 34.0. The Labute approximate surface area is 570 Å². The number of aliphatic carboxylic acids is 3. The number of hydrogen-bond donors (Lipinski definition) is 3. The van der Waals surface area contributed by atoms with Gasteiger partial charge in [0.05, 0.1) is 66.7 Å². The van der Waals surface area contributed by atoms with E-state index in [1.54, 1.807) is 14.7 Å². The van der Waals surface area contributed by atoms with Gasteiger partial charge in [-0.25, -0.2) is 0 Å². The van der Waals surface area contributed by atoms with Gasteiger partial charge in [0.2, 0.25) is 0 Å². The number of carbonyl (C=O) groups excluding carboxylic acids is 5. The predicted molar refractivity (Wildman–Crippen MR) is 364 cm³/mol. The predicted octanol–water partition coefficient (Wildman–Crippen LogP) is 5.40. The topological polar surface area (TPSA) is 288 Å². The molecule has 544 valence electrons. The van der Waals surface area contributed by atoms with Crippen LogP contribution < -0.4 is 9.47 Å². The largest absolute Gasteiger partial charge is 0.494 e. The zero-order valence-electron chi connectivity index (χ0n) is 59.9. The number of carbonyl (C=O) groups is 8. The molecule has 0 aliphatic carbocycles. The van der Waals surface area contributed by atoms with Gasteiger partial charge in [0.15, 0.2) is 0 Å². The molecule has 2 aliphatic rings. The summed E-state index contributed by atoms with van der Waals surface area (Å²) in [6.45, 7) is 27.6. The van der Waals surface area contributed by atoms with Crippen molar-refractivity contribution < 1.29 is 86.8 Å². The van der Waals surface area contributed by atoms with Gasteiger partial charge in [-0.15, -0.1) is 0 Å². The molecule has 0 radical (unpaired) electrons. The second-order valence-corrected chi connectivity index (χ2v) is 27.4. The third kappa shape index (κ3) is 37.3. The molecule has 26 nitrogen and oxygen atoms in total. The van der Waals surface area contributed by atoms with Crippen LogP contribution in [0.25, 0.3) is 0 Å². The van der Waals surface area contributed by atoms with Gasteiger partial charge in [-0.3, -0.25) is 77.6 Å². The van der Waals surface area contributed by atoms with Crippen LogP contribution in [0.4, 0.5) is 0 Å². The highest BCUT2D eigenvalue weighted by Crippen LogP contribution is 2.21. The SMILES string of the molecule is CCOc1ccc(CCCC[C@@H](C(=O)OC)N2CCN(CC(=O)O)CCN(CC(=O)O)CCN(CC(=O)O)CC2)cc1.CCOc1ccc(CCCC[C@@H](C(=O)OC)N2CCN(CC(=O)OC(C)(C)C)CCN(CC(=O)OC(C)(C)C)CCN(CC(=O)OC(C)(C)C)CC2)cc1. The first-order valence-corrected chi connectivity index (χ1v) is 34.0. The number of esters is 5. The maximum atomic E-state index is 13.4. The van der Waals surface area contributed by atoms with E-state index < -0.39 is 46.8 Å². The van der Waals surface area contributed by atoms with Crippen LogP contribution in [-0.4, -0.2) is 303 Å². The average Bonchev–Trinajstić information content (AvgIpc) is 1.02. The molecule has 4 rings (SSSR count). The third-order valence-corrected chi connectivity index (χ3v) is 15.8. The second-order valence-electron chi connectivity index (χ2n) is 27.4. The molecule has 2 atom stereocenters. The van der Waals surface area contributed by atoms with E-state index in [1.807, 2.05) is 132 Å². The van der Waals surface area contributed by atoms with Gasteiger partial charge in [0.1, 0.15) is 40.4 Å². The zero-order chi connectivity index (χ0) is 71.4. The number of rotatable bonds is 30. The molecule has 2 aromatic carbocycles. The lowest BCUT2D eigenvalue weighted by Gasteiger charge is -2.36. The highest BCUT2D eigenvalue weighted by Gasteiger charge is 2.32. The minimum absolute atomic E-state index is 0.0567. The molecule has 2 saturated heterocycles. The van der Waals surface area contributed by atoms with Crippen molar-refractivity contribution in [3.05, 3.63) is 59.7 Å². The Morgan fingerprint density at radius 1 is 0.375 bits per heavy atom. The minimum atomic E-state index is -1.01. The van der Waals surface area contributed by atoms with Crippen LogP contribution in [0, 0.1) is 0 Å². The number of methoxy groups -OCH3 is 2. The Morgan fingerprint density at radius 3 is 0.833 bits per heavy atom. The van der Waals surface area contributed by atoms with Gasteiger partial charge in [0.25, 0.3) is 0 Å². The van der Waals surface area contributed by atoms with E-state index in [4.69, 9.17) is 33.2 Å². The van der Waals surface area contributed by atoms with Crippen LogP contribution in [0.1, 0.15) is 126 Å². The number of unbranched alkanes of at least 4 members (excludes halogenated alkanes) is 2. The Kier molecular flexibility index (Phi) is 38.1. The fraction of sp³-hybridized carbons (Fsp3) is 0.714. The fourth-order valence-corrected chi connectivity index (χ4v) is 11.3. The van der Waals surface area contributed by atoms with Gasteiger partial charge in [-0.1, -0.05) is 37.1 Å². The molecule has 2 heterocycles. The lowest BCUT2D eigenvalue weighted by Crippen LogP contribution is -2.52. The maximum Gasteiger partial charge on any atom is 0.323 e. The summed E-state index contributed by atoms with van der Waals surface area (Å²) in [5.74, 6) is -3.06. The first-order chi connectivity index (χ1) is 45.3. The van der Waals surface area contributed by atoms with Crippen molar-refractivity contribution in [3.8, 4) is 11.5 Å². The number of ether oxygens (including phenoxy) is 7. The normalized spacial score (nSPS) is 17.3. The summed E-state index contributed by atoms with van der Waals surface area (Å²) in [6, 6.07) is 15.0. The highest BCUT2D eigenvalue weighted by atomic mass is 16.6. The van der Waals surface area contributed by atoms with Crippen molar-refractivity contribution >= 4 is 47.8 Å². The standard InChI is InChI=1S/C41H70N4O9.C29H46N4O9/c1-12-51-33-19-17-32(18-20-33)15-13-14-16-34(38(49)50-11)45-27-25-43(30-36(47)53-40(5,6)7)23-21-42(29-35(46)52-39(2,3)4)22-24-44(26-28-45)31-37(48)54-41(8,9)10;1-3-42-24-10-8-23(9-11-24)6-4-5-7-25(29(40)41-2)33-18-16-31(21-27(36)37)14-12-30(20-26(34)35)13-15-32(17-19-33)22-28(38)39/h17-20,34H,12-16,21-31H2,1-11H3;8-11,25H,3-7,12-22H2,1-2H3,(H,34,35)(H,36,37)(H,38,39)/t34-;25-/m00/s1. The van der Waals surface area contributed by atoms with E-state index in [-0.39, 0.29) is 69.1 Å². The number of hydrogen-bond acceptors (Lipinski definition) is 23. The molecule has 0 aromatic heterocycles. The van der Waals surface area contributed by atoms with Gasteiger partial charge < -0.3 is 48.5 Å². The Hall–Kier alpha value is -6.52. The van der Waals surface area contributed by atoms with Crippen molar-refractivity contribution in [2.45, 2.75) is 156 Å². The molecule has 0 unspecified atom stereocenters. The summed E-state index contributed by atoms with van der Waals surface area (Å²) >= 11 is 0. The zero-order valence-corrected chi connectivity index (χ0v) is 59.9. The lowest BCUT2D eigenvalue weighted by molar-refractivity contribution is -0.159. The monoisotopic (exact) mass is 1360 g/mol. The van der Waals surface area contributed by atoms with Gasteiger partial charge in [-0.2, -0.15) is 0 Å². The van der Waals surface area contributed by atoms with E-state index in [2.05, 4.69) is 17.0 Å². The molecule has 0 bridgehead atoms. The number of aryl methyl sites for hydroxylation is 2. The maximum absolute atomic E-state index is 13.4. The Balaban J connectivity index is 0.000000516. The molecule has 2 aliphatic heterocycles. The van der Waals surface area contributed by atoms with E-state index >= 15 is 0 Å². The molecule has 3 N–H and O–H groups in total. The van der Waals surface area contributed by atoms with Crippen LogP contribution in [0.2, 0.25) is 0 Å². The summed E-state index contributed by atoms with van der Waals surface area (Å²) < 4.78 is 38.6. The highest BCUT2D eigenvalue weighted by molar-refractivity contribution is 5.76. The Bertz CT molecular complexity index is 2570. The molecule has 2 aromatic rings. The van der Waals surface area contributed by atoms with Gasteiger partial charge in [0, 0.05) is 105 Å². The lowest BCUT2D eigenvalue weighted by atomic mass is 10.0. The van der Waals surface area contributed by atoms with Crippen LogP contribution in [0.3, 0.4) is 0 Å². The first kappa shape index (κ1) is 83.7. The van der Waals surface area contributed by atoms with Crippen molar-refractivity contribution in [3.63, 3.8) is 0 Å². The molecule has 0 amide bonds. The van der Waals surface area contributed by atoms with Crippen LogP contribution in [-0.2, 0) is 74.9 Å². The van der Waals surface area contributed by atoms with Crippen LogP contribution in [0.5, 0.6) is 11.5 Å².